The number of thiazole rings is 1. The van der Waals surface area contributed by atoms with Crippen LogP contribution in [0.5, 0.6) is 0 Å². The third-order valence-corrected chi connectivity index (χ3v) is 4.56. The van der Waals surface area contributed by atoms with E-state index in [1.54, 1.807) is 30.5 Å². The maximum Gasteiger partial charge on any atom is 0.191 e. The van der Waals surface area contributed by atoms with Crippen LogP contribution in [0.25, 0.3) is 0 Å². The molecule has 0 unspecified atom stereocenters. The van der Waals surface area contributed by atoms with Crippen LogP contribution in [0.15, 0.2) is 34.6 Å². The van der Waals surface area contributed by atoms with Gasteiger partial charge < -0.3 is 10.6 Å². The molecule has 0 fully saturated rings. The fourth-order valence-electron chi connectivity index (χ4n) is 2.08. The number of nitrogens with zero attached hydrogens (tertiary/aromatic N) is 2. The topological polar surface area (TPSA) is 49.3 Å². The largest absolute Gasteiger partial charge is 0.356 e. The first-order valence-corrected chi connectivity index (χ1v) is 8.60. The highest BCUT2D eigenvalue weighted by atomic mass is 32.1. The molecule has 2 rings (SSSR count). The number of benzene rings is 1. The number of halogens is 1. The molecule has 2 aromatic rings. The van der Waals surface area contributed by atoms with Gasteiger partial charge in [0.1, 0.15) is 5.82 Å². The van der Waals surface area contributed by atoms with Gasteiger partial charge in [-0.05, 0) is 18.1 Å². The van der Waals surface area contributed by atoms with Crippen molar-refractivity contribution in [2.45, 2.75) is 32.7 Å². The third kappa shape index (κ3) is 5.32. The van der Waals surface area contributed by atoms with Crippen molar-refractivity contribution in [2.75, 3.05) is 13.6 Å². The van der Waals surface area contributed by atoms with Crippen LogP contribution in [-0.4, -0.2) is 24.5 Å². The molecule has 0 saturated carbocycles. The van der Waals surface area contributed by atoms with Gasteiger partial charge in [-0.25, -0.2) is 9.37 Å². The number of aliphatic imine (C=N–C) groups is 1. The summed E-state index contributed by atoms with van der Waals surface area (Å²) in [5, 5.41) is 9.63. The summed E-state index contributed by atoms with van der Waals surface area (Å²) in [6, 6.07) is 6.83. The molecule has 0 aliphatic rings. The maximum atomic E-state index is 13.6. The average Bonchev–Trinajstić information content (AvgIpc) is 3.01. The Morgan fingerprint density at radius 1 is 1.30 bits per heavy atom. The number of nitrogens with one attached hydrogen (secondary N) is 2. The molecule has 0 bridgehead atoms. The molecule has 6 heteroatoms. The van der Waals surface area contributed by atoms with E-state index >= 15 is 0 Å². The molecule has 4 nitrogen and oxygen atoms in total. The van der Waals surface area contributed by atoms with Crippen LogP contribution < -0.4 is 10.6 Å². The molecule has 0 radical (unpaired) electrons. The Balaban J connectivity index is 1.78. The van der Waals surface area contributed by atoms with Crippen LogP contribution >= 0.6 is 11.3 Å². The number of rotatable bonds is 6. The standard InChI is InChI=1S/C17H23FN4S/c1-12(2)16-22-14(11-23-16)10-21-17(19-3)20-9-8-13-6-4-5-7-15(13)18/h4-7,11-12H,8-10H2,1-3H3,(H2,19,20,21). The summed E-state index contributed by atoms with van der Waals surface area (Å²) < 4.78 is 13.6. The number of guanidine groups is 1. The molecule has 1 aromatic carbocycles. The Labute approximate surface area is 140 Å². The SMILES string of the molecule is CN=C(NCCc1ccccc1F)NCc1csc(C(C)C)n1. The van der Waals surface area contributed by atoms with Crippen molar-refractivity contribution in [1.29, 1.82) is 0 Å². The van der Waals surface area contributed by atoms with Gasteiger partial charge in [0.15, 0.2) is 5.96 Å². The summed E-state index contributed by atoms with van der Waals surface area (Å²) in [7, 11) is 1.72. The number of hydrogen-bond acceptors (Lipinski definition) is 3. The minimum atomic E-state index is -0.166. The molecule has 23 heavy (non-hydrogen) atoms. The lowest BCUT2D eigenvalue weighted by atomic mass is 10.1. The summed E-state index contributed by atoms with van der Waals surface area (Å²) >= 11 is 1.68. The van der Waals surface area contributed by atoms with Crippen molar-refractivity contribution in [3.05, 3.63) is 51.7 Å². The smallest absolute Gasteiger partial charge is 0.191 e. The van der Waals surface area contributed by atoms with Gasteiger partial charge in [-0.15, -0.1) is 11.3 Å². The zero-order chi connectivity index (χ0) is 16.7. The van der Waals surface area contributed by atoms with Gasteiger partial charge in [-0.2, -0.15) is 0 Å². The molecule has 0 amide bonds. The number of hydrogen-bond donors (Lipinski definition) is 2. The Morgan fingerprint density at radius 2 is 2.09 bits per heavy atom. The Hall–Kier alpha value is -1.95. The molecule has 124 valence electrons. The predicted molar refractivity (Wildman–Crippen MR) is 94.5 cm³/mol. The second-order valence-electron chi connectivity index (χ2n) is 5.53. The molecule has 0 atom stereocenters. The van der Waals surface area contributed by atoms with Crippen LogP contribution in [-0.2, 0) is 13.0 Å². The minimum absolute atomic E-state index is 0.166. The fourth-order valence-corrected chi connectivity index (χ4v) is 2.92. The van der Waals surface area contributed by atoms with Crippen molar-refractivity contribution in [3.63, 3.8) is 0 Å². The zero-order valence-corrected chi connectivity index (χ0v) is 14.6. The van der Waals surface area contributed by atoms with E-state index in [2.05, 4.69) is 39.8 Å². The van der Waals surface area contributed by atoms with Crippen molar-refractivity contribution >= 4 is 17.3 Å². The maximum absolute atomic E-state index is 13.6. The third-order valence-electron chi connectivity index (χ3n) is 3.37. The Kier molecular flexibility index (Phi) is 6.52. The monoisotopic (exact) mass is 334 g/mol. The summed E-state index contributed by atoms with van der Waals surface area (Å²) in [6.07, 6.45) is 0.613. The van der Waals surface area contributed by atoms with Gasteiger partial charge >= 0.3 is 0 Å². The van der Waals surface area contributed by atoms with Crippen molar-refractivity contribution in [3.8, 4) is 0 Å². The highest BCUT2D eigenvalue weighted by Gasteiger charge is 2.06. The van der Waals surface area contributed by atoms with E-state index in [4.69, 9.17) is 0 Å². The first kappa shape index (κ1) is 17.4. The van der Waals surface area contributed by atoms with Crippen molar-refractivity contribution in [2.24, 2.45) is 4.99 Å². The van der Waals surface area contributed by atoms with E-state index in [0.717, 1.165) is 10.7 Å². The fraction of sp³-hybridized carbons (Fsp3) is 0.412. The van der Waals surface area contributed by atoms with Gasteiger partial charge in [-0.1, -0.05) is 32.0 Å². The molecular weight excluding hydrogens is 311 g/mol. The molecule has 1 aromatic heterocycles. The highest BCUT2D eigenvalue weighted by molar-refractivity contribution is 7.09. The highest BCUT2D eigenvalue weighted by Crippen LogP contribution is 2.18. The quantitative estimate of drug-likeness (QED) is 0.629. The van der Waals surface area contributed by atoms with Crippen molar-refractivity contribution < 1.29 is 4.39 Å². The first-order valence-electron chi connectivity index (χ1n) is 7.72. The van der Waals surface area contributed by atoms with Crippen molar-refractivity contribution in [1.82, 2.24) is 15.6 Å². The molecule has 0 aliphatic heterocycles. The molecule has 0 spiro atoms. The first-order chi connectivity index (χ1) is 11.1. The van der Waals surface area contributed by atoms with Gasteiger partial charge in [0, 0.05) is 24.9 Å². The second-order valence-corrected chi connectivity index (χ2v) is 6.42. The zero-order valence-electron chi connectivity index (χ0n) is 13.8. The molecule has 0 aliphatic carbocycles. The van der Waals surface area contributed by atoms with Crippen LogP contribution in [0.4, 0.5) is 4.39 Å². The van der Waals surface area contributed by atoms with E-state index < -0.39 is 0 Å². The average molecular weight is 334 g/mol. The van der Waals surface area contributed by atoms with E-state index in [0.29, 0.717) is 37.0 Å². The summed E-state index contributed by atoms with van der Waals surface area (Å²) in [6.45, 7) is 5.52. The van der Waals surface area contributed by atoms with E-state index in [9.17, 15) is 4.39 Å². The Bertz CT molecular complexity index is 652. The van der Waals surface area contributed by atoms with Crippen LogP contribution in [0.1, 0.15) is 36.0 Å². The summed E-state index contributed by atoms with van der Waals surface area (Å²) in [5.74, 6) is 0.980. The summed E-state index contributed by atoms with van der Waals surface area (Å²) in [4.78, 5) is 8.75. The molecule has 1 heterocycles. The second kappa shape index (κ2) is 8.62. The number of aromatic nitrogens is 1. The van der Waals surface area contributed by atoms with E-state index in [1.165, 1.54) is 6.07 Å². The van der Waals surface area contributed by atoms with Gasteiger partial charge in [0.25, 0.3) is 0 Å². The normalized spacial score (nSPS) is 11.8. The van der Waals surface area contributed by atoms with Gasteiger partial charge in [-0.3, -0.25) is 4.99 Å². The Morgan fingerprint density at radius 3 is 2.74 bits per heavy atom. The predicted octanol–water partition coefficient (Wildman–Crippen LogP) is 3.31. The van der Waals surface area contributed by atoms with Crippen LogP contribution in [0.2, 0.25) is 0 Å². The van der Waals surface area contributed by atoms with Crippen LogP contribution in [0.3, 0.4) is 0 Å². The van der Waals surface area contributed by atoms with Crippen LogP contribution in [0, 0.1) is 5.82 Å². The van der Waals surface area contributed by atoms with E-state index in [-0.39, 0.29) is 5.82 Å². The minimum Gasteiger partial charge on any atom is -0.356 e. The molecular formula is C17H23FN4S. The molecule has 2 N–H and O–H groups in total. The van der Waals surface area contributed by atoms with Gasteiger partial charge in [0.2, 0.25) is 0 Å². The summed E-state index contributed by atoms with van der Waals surface area (Å²) in [5.41, 5.74) is 1.72. The lowest BCUT2D eigenvalue weighted by Crippen LogP contribution is -2.38. The van der Waals surface area contributed by atoms with E-state index in [1.807, 2.05) is 6.07 Å². The van der Waals surface area contributed by atoms with Gasteiger partial charge in [0.05, 0.1) is 17.2 Å². The lowest BCUT2D eigenvalue weighted by molar-refractivity contribution is 0.606. The lowest BCUT2D eigenvalue weighted by Gasteiger charge is -2.11. The molecule has 0 saturated heterocycles.